The Kier molecular flexibility index (Phi) is 66.8. The third-order valence-corrected chi connectivity index (χ3v) is 19.2. The van der Waals surface area contributed by atoms with Gasteiger partial charge in [0.15, 0.2) is 12.4 Å². The van der Waals surface area contributed by atoms with Gasteiger partial charge in [-0.1, -0.05) is 377 Å². The molecule has 1 aliphatic rings. The molecule has 1 rings (SSSR count). The van der Waals surface area contributed by atoms with Crippen molar-refractivity contribution >= 4 is 11.9 Å². The maximum atomic E-state index is 13.5. The van der Waals surface area contributed by atoms with Crippen molar-refractivity contribution in [2.45, 2.75) is 442 Å². The van der Waals surface area contributed by atoms with E-state index >= 15 is 0 Å². The number of carbonyl (C=O) groups excluding carboxylic acids is 2. The number of hydrogen-bond donors (Lipinski definition) is 6. The number of unbranched alkanes of at least 4 members (excludes halogenated alkanes) is 49. The molecule has 0 aromatic rings. The fraction of sp³-hybridized carbons (Fsp3) is 0.855. The minimum atomic E-state index is -1.62. The summed E-state index contributed by atoms with van der Waals surface area (Å²) in [5.41, 5.74) is 0. The van der Waals surface area contributed by atoms with Crippen LogP contribution in [0.3, 0.4) is 0 Å². The van der Waals surface area contributed by atoms with Crippen molar-refractivity contribution < 1.29 is 49.3 Å². The van der Waals surface area contributed by atoms with Crippen LogP contribution in [-0.4, -0.2) is 99.6 Å². The zero-order valence-electron chi connectivity index (χ0n) is 61.6. The van der Waals surface area contributed by atoms with Gasteiger partial charge in [0.25, 0.3) is 0 Å². The summed E-state index contributed by atoms with van der Waals surface area (Å²) in [4.78, 5) is 26.8. The lowest BCUT2D eigenvalue weighted by Crippen LogP contribution is -2.61. The molecular weight excluding hydrogens is 1170 g/mol. The molecule has 11 heteroatoms. The van der Waals surface area contributed by atoms with Gasteiger partial charge < -0.3 is 45.1 Å². The third-order valence-electron chi connectivity index (χ3n) is 19.2. The quantitative estimate of drug-likeness (QED) is 0.0195. The van der Waals surface area contributed by atoms with Crippen LogP contribution in [0.25, 0.3) is 0 Å². The van der Waals surface area contributed by atoms with E-state index in [9.17, 15) is 35.1 Å². The highest BCUT2D eigenvalue weighted by Crippen LogP contribution is 2.27. The molecule has 8 atom stereocenters. The van der Waals surface area contributed by atoms with E-state index < -0.39 is 67.4 Å². The Morgan fingerprint density at radius 2 is 0.734 bits per heavy atom. The minimum Gasteiger partial charge on any atom is -0.454 e. The van der Waals surface area contributed by atoms with Crippen LogP contribution in [0.5, 0.6) is 0 Å². The predicted molar refractivity (Wildman–Crippen MR) is 398 cm³/mol. The molecule has 0 radical (unpaired) electrons. The molecule has 1 fully saturated rings. The average Bonchev–Trinajstić information content (AvgIpc) is 0.814. The van der Waals surface area contributed by atoms with Gasteiger partial charge in [-0.05, 0) is 70.6 Å². The van der Waals surface area contributed by atoms with Crippen LogP contribution in [-0.2, 0) is 23.8 Å². The van der Waals surface area contributed by atoms with E-state index in [1.54, 1.807) is 6.08 Å². The van der Waals surface area contributed by atoms with Crippen molar-refractivity contribution in [2.24, 2.45) is 0 Å². The molecule has 8 unspecified atom stereocenters. The molecule has 0 saturated carbocycles. The molecule has 94 heavy (non-hydrogen) atoms. The normalized spacial score (nSPS) is 18.1. The number of rotatable bonds is 71. The van der Waals surface area contributed by atoms with E-state index in [2.05, 4.69) is 74.7 Å². The summed E-state index contributed by atoms with van der Waals surface area (Å²) in [5, 5.41) is 57.5. The maximum Gasteiger partial charge on any atom is 0.306 e. The third kappa shape index (κ3) is 56.3. The Balaban J connectivity index is 2.48. The summed E-state index contributed by atoms with van der Waals surface area (Å²) in [7, 11) is 0. The number of ether oxygens (including phenoxy) is 3. The first-order valence-electron chi connectivity index (χ1n) is 40.6. The molecule has 1 saturated heterocycles. The van der Waals surface area contributed by atoms with Crippen LogP contribution in [0.4, 0.5) is 0 Å². The molecule has 0 aromatic heterocycles. The SMILES string of the molecule is CCCCC/C=C\C/C=C\C/C=C\C/C=C\CCCCCCCCCCCCCC(=O)OC1C(OCC(NC(=O)C(O)CCCCCCCCCCCCCCCCCCCCCCCCCCCC)C(O)/C=C/CCCCCCCCCCCC)OC(CO)C(O)C1O. The first-order valence-corrected chi connectivity index (χ1v) is 40.6. The van der Waals surface area contributed by atoms with E-state index in [0.29, 0.717) is 19.3 Å². The van der Waals surface area contributed by atoms with Crippen molar-refractivity contribution in [3.8, 4) is 0 Å². The van der Waals surface area contributed by atoms with Crippen LogP contribution in [0.1, 0.15) is 393 Å². The van der Waals surface area contributed by atoms with E-state index in [1.165, 1.54) is 263 Å². The summed E-state index contributed by atoms with van der Waals surface area (Å²) in [6.07, 6.45) is 81.4. The van der Waals surface area contributed by atoms with Gasteiger partial charge in [-0.2, -0.15) is 0 Å². The van der Waals surface area contributed by atoms with Gasteiger partial charge in [0.1, 0.15) is 24.4 Å². The number of allylic oxidation sites excluding steroid dienone is 9. The molecular formula is C83H153NO10. The molecule has 0 aliphatic carbocycles. The number of carbonyl (C=O) groups is 2. The monoisotopic (exact) mass is 1320 g/mol. The van der Waals surface area contributed by atoms with Gasteiger partial charge in [-0.3, -0.25) is 9.59 Å². The Morgan fingerprint density at radius 1 is 0.415 bits per heavy atom. The fourth-order valence-corrected chi connectivity index (χ4v) is 12.8. The van der Waals surface area contributed by atoms with Crippen LogP contribution in [0.15, 0.2) is 60.8 Å². The highest BCUT2D eigenvalue weighted by Gasteiger charge is 2.47. The lowest BCUT2D eigenvalue weighted by molar-refractivity contribution is -0.305. The van der Waals surface area contributed by atoms with Gasteiger partial charge >= 0.3 is 5.97 Å². The fourth-order valence-electron chi connectivity index (χ4n) is 12.8. The second kappa shape index (κ2) is 70.2. The van der Waals surface area contributed by atoms with Gasteiger partial charge in [-0.25, -0.2) is 0 Å². The number of aliphatic hydroxyl groups excluding tert-OH is 5. The molecule has 0 bridgehead atoms. The lowest BCUT2D eigenvalue weighted by Gasteiger charge is -2.41. The Bertz CT molecular complexity index is 1770. The van der Waals surface area contributed by atoms with E-state index in [4.69, 9.17) is 14.2 Å². The van der Waals surface area contributed by atoms with E-state index in [1.807, 2.05) is 6.08 Å². The first kappa shape index (κ1) is 89.4. The first-order chi connectivity index (χ1) is 46.2. The standard InChI is InChI=1S/C83H153NO10/c1-4-7-10-13-16-19-22-25-27-29-31-33-35-37-39-41-43-45-47-49-51-53-56-59-62-65-68-71-78(88)94-81-80(90)79(89)77(72-85)93-83(81)92-73-74(75(86)69-66-63-60-57-54-24-21-18-15-12-9-6-3)84-82(91)76(87)70-67-64-61-58-55-52-50-48-46-44-42-40-38-36-34-32-30-28-26-23-20-17-14-11-8-5-2/h16,19,25,27,31,33,37,39,66,69,74-77,79-81,83,85-87,89-90H,4-15,17-18,20-24,26,28-30,32,34-36,38,40-65,67-68,70-73H2,1-3H3,(H,84,91)/b19-16-,27-25-,33-31-,39-37-,69-66+. The number of nitrogens with one attached hydrogen (secondary N) is 1. The van der Waals surface area contributed by atoms with Crippen LogP contribution < -0.4 is 5.32 Å². The number of amides is 1. The summed E-state index contributed by atoms with van der Waals surface area (Å²) >= 11 is 0. The zero-order chi connectivity index (χ0) is 68.1. The Morgan fingerprint density at radius 3 is 1.12 bits per heavy atom. The van der Waals surface area contributed by atoms with Crippen molar-refractivity contribution in [1.82, 2.24) is 5.32 Å². The van der Waals surface area contributed by atoms with E-state index in [0.717, 1.165) is 83.5 Å². The van der Waals surface area contributed by atoms with Crippen LogP contribution in [0.2, 0.25) is 0 Å². The van der Waals surface area contributed by atoms with Crippen molar-refractivity contribution in [3.05, 3.63) is 60.8 Å². The van der Waals surface area contributed by atoms with Gasteiger partial charge in [0.2, 0.25) is 5.91 Å². The van der Waals surface area contributed by atoms with Crippen molar-refractivity contribution in [1.29, 1.82) is 0 Å². The van der Waals surface area contributed by atoms with Gasteiger partial charge in [0, 0.05) is 6.42 Å². The summed E-state index contributed by atoms with van der Waals surface area (Å²) in [6.45, 7) is 5.83. The molecule has 0 spiro atoms. The highest BCUT2D eigenvalue weighted by atomic mass is 16.7. The Labute approximate surface area is 579 Å². The maximum absolute atomic E-state index is 13.5. The molecule has 1 aliphatic heterocycles. The molecule has 1 amide bonds. The smallest absolute Gasteiger partial charge is 0.306 e. The summed E-state index contributed by atoms with van der Waals surface area (Å²) in [5.74, 6) is -1.18. The summed E-state index contributed by atoms with van der Waals surface area (Å²) in [6, 6.07) is -1.02. The molecule has 550 valence electrons. The molecule has 11 nitrogen and oxygen atoms in total. The van der Waals surface area contributed by atoms with Crippen molar-refractivity contribution in [3.63, 3.8) is 0 Å². The number of hydrogen-bond acceptors (Lipinski definition) is 10. The molecule has 6 N–H and O–H groups in total. The largest absolute Gasteiger partial charge is 0.454 e. The average molecular weight is 1330 g/mol. The van der Waals surface area contributed by atoms with Crippen molar-refractivity contribution in [2.75, 3.05) is 13.2 Å². The molecule has 1 heterocycles. The second-order valence-electron chi connectivity index (χ2n) is 28.2. The van der Waals surface area contributed by atoms with Crippen LogP contribution >= 0.6 is 0 Å². The zero-order valence-corrected chi connectivity index (χ0v) is 61.6. The highest BCUT2D eigenvalue weighted by molar-refractivity contribution is 5.80. The summed E-state index contributed by atoms with van der Waals surface area (Å²) < 4.78 is 17.8. The minimum absolute atomic E-state index is 0.120. The second-order valence-corrected chi connectivity index (χ2v) is 28.2. The number of esters is 1. The van der Waals surface area contributed by atoms with Gasteiger partial charge in [0.05, 0.1) is 25.4 Å². The molecule has 0 aromatic carbocycles. The number of aliphatic hydroxyl groups is 5. The topological polar surface area (TPSA) is 175 Å². The lowest BCUT2D eigenvalue weighted by atomic mass is 9.99. The van der Waals surface area contributed by atoms with E-state index in [-0.39, 0.29) is 13.0 Å². The van der Waals surface area contributed by atoms with Crippen LogP contribution in [0, 0.1) is 0 Å². The predicted octanol–water partition coefficient (Wildman–Crippen LogP) is 22.0. The van der Waals surface area contributed by atoms with Gasteiger partial charge in [-0.15, -0.1) is 0 Å². The Hall–Kier alpha value is -2.64.